The van der Waals surface area contributed by atoms with Crippen LogP contribution < -0.4 is 10.2 Å². The van der Waals surface area contributed by atoms with Crippen LogP contribution in [0.2, 0.25) is 0 Å². The van der Waals surface area contributed by atoms with Crippen LogP contribution in [0.1, 0.15) is 10.5 Å². The second-order valence-corrected chi connectivity index (χ2v) is 6.53. The summed E-state index contributed by atoms with van der Waals surface area (Å²) in [7, 11) is 2.13. The number of rotatable bonds is 3. The summed E-state index contributed by atoms with van der Waals surface area (Å²) in [5, 5.41) is 3.91. The lowest BCUT2D eigenvalue weighted by molar-refractivity contribution is 0.102. The standard InChI is InChI=1S/C20H21N5O/c1-24-10-12-25(13-11-24)16-7-8-18(22-14-16)20(26)23-17-6-2-4-15-5-3-9-21-19(15)17/h2-9,14H,10-13H2,1H3,(H,23,26). The van der Waals surface area contributed by atoms with E-state index < -0.39 is 0 Å². The number of benzene rings is 1. The zero-order chi connectivity index (χ0) is 17.9. The van der Waals surface area contributed by atoms with Crippen molar-refractivity contribution in [1.29, 1.82) is 0 Å². The number of hydrogen-bond donors (Lipinski definition) is 1. The monoisotopic (exact) mass is 347 g/mol. The number of likely N-dealkylation sites (N-methyl/N-ethyl adjacent to an activating group) is 1. The quantitative estimate of drug-likeness (QED) is 0.789. The van der Waals surface area contributed by atoms with E-state index in [1.54, 1.807) is 18.5 Å². The third-order valence-electron chi connectivity index (χ3n) is 4.73. The van der Waals surface area contributed by atoms with Crippen LogP contribution in [0.15, 0.2) is 54.9 Å². The number of carbonyl (C=O) groups excluding carboxylic acids is 1. The van der Waals surface area contributed by atoms with Gasteiger partial charge < -0.3 is 15.1 Å². The van der Waals surface area contributed by atoms with Gasteiger partial charge in [0.2, 0.25) is 0 Å². The van der Waals surface area contributed by atoms with Crippen LogP contribution in [0.4, 0.5) is 11.4 Å². The van der Waals surface area contributed by atoms with Crippen molar-refractivity contribution in [3.05, 3.63) is 60.6 Å². The van der Waals surface area contributed by atoms with E-state index in [4.69, 9.17) is 0 Å². The third kappa shape index (κ3) is 3.36. The molecule has 0 saturated carbocycles. The van der Waals surface area contributed by atoms with E-state index in [0.29, 0.717) is 11.4 Å². The third-order valence-corrected chi connectivity index (χ3v) is 4.73. The average molecular weight is 347 g/mol. The molecule has 6 heteroatoms. The van der Waals surface area contributed by atoms with Crippen molar-refractivity contribution in [2.75, 3.05) is 43.4 Å². The summed E-state index contributed by atoms with van der Waals surface area (Å²) >= 11 is 0. The molecule has 2 aromatic heterocycles. The molecule has 0 radical (unpaired) electrons. The molecular formula is C20H21N5O. The number of nitrogens with one attached hydrogen (secondary N) is 1. The number of aromatic nitrogens is 2. The maximum absolute atomic E-state index is 12.6. The van der Waals surface area contributed by atoms with Gasteiger partial charge in [-0.05, 0) is 31.3 Å². The molecule has 4 rings (SSSR count). The van der Waals surface area contributed by atoms with Gasteiger partial charge in [-0.25, -0.2) is 4.98 Å². The number of hydrogen-bond acceptors (Lipinski definition) is 5. The molecule has 26 heavy (non-hydrogen) atoms. The zero-order valence-corrected chi connectivity index (χ0v) is 14.7. The molecule has 1 N–H and O–H groups in total. The van der Waals surface area contributed by atoms with Gasteiger partial charge in [0.15, 0.2) is 0 Å². The normalized spacial score (nSPS) is 15.2. The highest BCUT2D eigenvalue weighted by Gasteiger charge is 2.16. The molecule has 0 spiro atoms. The Morgan fingerprint density at radius 1 is 1.00 bits per heavy atom. The van der Waals surface area contributed by atoms with Gasteiger partial charge in [0.1, 0.15) is 5.69 Å². The van der Waals surface area contributed by atoms with Crippen molar-refractivity contribution >= 4 is 28.2 Å². The van der Waals surface area contributed by atoms with Gasteiger partial charge in [-0.2, -0.15) is 0 Å². The smallest absolute Gasteiger partial charge is 0.274 e. The number of fused-ring (bicyclic) bond motifs is 1. The van der Waals surface area contributed by atoms with Crippen LogP contribution in [-0.2, 0) is 0 Å². The number of anilines is 2. The highest BCUT2D eigenvalue weighted by Crippen LogP contribution is 2.21. The first-order valence-corrected chi connectivity index (χ1v) is 8.75. The number of para-hydroxylation sites is 1. The minimum atomic E-state index is -0.229. The summed E-state index contributed by atoms with van der Waals surface area (Å²) < 4.78 is 0. The molecule has 3 heterocycles. The van der Waals surface area contributed by atoms with Gasteiger partial charge in [-0.1, -0.05) is 18.2 Å². The summed E-state index contributed by atoms with van der Waals surface area (Å²) in [6.45, 7) is 4.03. The fourth-order valence-corrected chi connectivity index (χ4v) is 3.16. The SMILES string of the molecule is CN1CCN(c2ccc(C(=O)Nc3cccc4cccnc34)nc2)CC1. The summed E-state index contributed by atoms with van der Waals surface area (Å²) in [5.41, 5.74) is 2.92. The van der Waals surface area contributed by atoms with Crippen LogP contribution >= 0.6 is 0 Å². The van der Waals surface area contributed by atoms with E-state index >= 15 is 0 Å². The van der Waals surface area contributed by atoms with Crippen molar-refractivity contribution < 1.29 is 4.79 Å². The lowest BCUT2D eigenvalue weighted by Crippen LogP contribution is -2.44. The van der Waals surface area contributed by atoms with E-state index in [0.717, 1.165) is 42.8 Å². The Balaban J connectivity index is 1.50. The molecule has 1 saturated heterocycles. The molecule has 3 aromatic rings. The number of pyridine rings is 2. The fraction of sp³-hybridized carbons (Fsp3) is 0.250. The summed E-state index contributed by atoms with van der Waals surface area (Å²) in [4.78, 5) is 25.9. The van der Waals surface area contributed by atoms with Gasteiger partial charge >= 0.3 is 0 Å². The summed E-state index contributed by atoms with van der Waals surface area (Å²) in [6.07, 6.45) is 3.50. The lowest BCUT2D eigenvalue weighted by atomic mass is 10.2. The Morgan fingerprint density at radius 3 is 2.58 bits per heavy atom. The van der Waals surface area contributed by atoms with Crippen molar-refractivity contribution in [1.82, 2.24) is 14.9 Å². The maximum Gasteiger partial charge on any atom is 0.274 e. The molecule has 1 fully saturated rings. The van der Waals surface area contributed by atoms with E-state index in [1.165, 1.54) is 0 Å². The van der Waals surface area contributed by atoms with Crippen molar-refractivity contribution in [2.24, 2.45) is 0 Å². The predicted octanol–water partition coefficient (Wildman–Crippen LogP) is 2.63. The molecule has 0 unspecified atom stereocenters. The molecule has 0 atom stereocenters. The first kappa shape index (κ1) is 16.5. The van der Waals surface area contributed by atoms with Gasteiger partial charge in [0.05, 0.1) is 23.1 Å². The van der Waals surface area contributed by atoms with E-state index in [9.17, 15) is 4.79 Å². The molecule has 6 nitrogen and oxygen atoms in total. The van der Waals surface area contributed by atoms with Crippen molar-refractivity contribution in [2.45, 2.75) is 0 Å². The molecule has 1 amide bonds. The molecule has 1 aliphatic heterocycles. The predicted molar refractivity (Wildman–Crippen MR) is 104 cm³/mol. The van der Waals surface area contributed by atoms with Gasteiger partial charge in [0.25, 0.3) is 5.91 Å². The number of amides is 1. The Hall–Kier alpha value is -2.99. The fourth-order valence-electron chi connectivity index (χ4n) is 3.16. The van der Waals surface area contributed by atoms with Gasteiger partial charge in [-0.15, -0.1) is 0 Å². The van der Waals surface area contributed by atoms with Crippen LogP contribution in [0.3, 0.4) is 0 Å². The van der Waals surface area contributed by atoms with E-state index in [-0.39, 0.29) is 5.91 Å². The largest absolute Gasteiger partial charge is 0.368 e. The second-order valence-electron chi connectivity index (χ2n) is 6.53. The van der Waals surface area contributed by atoms with Crippen molar-refractivity contribution in [3.63, 3.8) is 0 Å². The Morgan fingerprint density at radius 2 is 1.81 bits per heavy atom. The summed E-state index contributed by atoms with van der Waals surface area (Å²) in [5.74, 6) is -0.229. The first-order chi connectivity index (χ1) is 12.7. The Bertz CT molecular complexity index is 912. The Labute approximate surface area is 152 Å². The first-order valence-electron chi connectivity index (χ1n) is 8.75. The number of piperazine rings is 1. The van der Waals surface area contributed by atoms with Crippen LogP contribution in [0, 0.1) is 0 Å². The number of nitrogens with zero attached hydrogens (tertiary/aromatic N) is 4. The van der Waals surface area contributed by atoms with Gasteiger partial charge in [0, 0.05) is 37.8 Å². The molecule has 132 valence electrons. The maximum atomic E-state index is 12.6. The highest BCUT2D eigenvalue weighted by atomic mass is 16.1. The highest BCUT2D eigenvalue weighted by molar-refractivity contribution is 6.07. The van der Waals surface area contributed by atoms with Crippen molar-refractivity contribution in [3.8, 4) is 0 Å². The molecule has 0 bridgehead atoms. The van der Waals surface area contributed by atoms with E-state index in [2.05, 4.69) is 32.1 Å². The van der Waals surface area contributed by atoms with Crippen LogP contribution in [-0.4, -0.2) is 54.0 Å². The van der Waals surface area contributed by atoms with Gasteiger partial charge in [-0.3, -0.25) is 9.78 Å². The van der Waals surface area contributed by atoms with E-state index in [1.807, 2.05) is 36.4 Å². The molecule has 1 aromatic carbocycles. The zero-order valence-electron chi connectivity index (χ0n) is 14.7. The summed E-state index contributed by atoms with van der Waals surface area (Å²) in [6, 6.07) is 13.3. The molecular weight excluding hydrogens is 326 g/mol. The van der Waals surface area contributed by atoms with Crippen LogP contribution in [0.25, 0.3) is 10.9 Å². The minimum absolute atomic E-state index is 0.229. The molecule has 0 aliphatic carbocycles. The van der Waals surface area contributed by atoms with Crippen LogP contribution in [0.5, 0.6) is 0 Å². The topological polar surface area (TPSA) is 61.4 Å². The second kappa shape index (κ2) is 7.09. The minimum Gasteiger partial charge on any atom is -0.368 e. The lowest BCUT2D eigenvalue weighted by Gasteiger charge is -2.33. The average Bonchev–Trinajstić information content (AvgIpc) is 2.69. The Kier molecular flexibility index (Phi) is 4.50. The molecule has 1 aliphatic rings. The number of carbonyl (C=O) groups is 1.